The van der Waals surface area contributed by atoms with Crippen molar-refractivity contribution >= 4 is 17.4 Å². The second-order valence-corrected chi connectivity index (χ2v) is 5.34. The maximum absolute atomic E-state index is 13.1. The molecule has 0 heterocycles. The van der Waals surface area contributed by atoms with Crippen LogP contribution >= 0.6 is 0 Å². The van der Waals surface area contributed by atoms with Crippen molar-refractivity contribution in [2.45, 2.75) is 27.7 Å². The molecule has 2 aromatic rings. The van der Waals surface area contributed by atoms with Crippen LogP contribution in [-0.2, 0) is 0 Å². The van der Waals surface area contributed by atoms with Gasteiger partial charge < -0.3 is 0 Å². The first-order valence-electron chi connectivity index (χ1n) is 7.80. The molecule has 0 aliphatic heterocycles. The Kier molecular flexibility index (Phi) is 5.21. The van der Waals surface area contributed by atoms with E-state index in [0.717, 1.165) is 22.5 Å². The molecule has 0 atom stereocenters. The number of para-hydroxylation sites is 2. The number of benzene rings is 2. The summed E-state index contributed by atoms with van der Waals surface area (Å²) in [4.78, 5) is 16.7. The third kappa shape index (κ3) is 3.14. The van der Waals surface area contributed by atoms with E-state index in [1.54, 1.807) is 0 Å². The first-order chi connectivity index (χ1) is 10.6. The fraction of sp³-hybridized carbons (Fsp3) is 0.316. The zero-order valence-electron chi connectivity index (χ0n) is 13.8. The van der Waals surface area contributed by atoms with Crippen LogP contribution in [0.1, 0.15) is 25.0 Å². The highest BCUT2D eigenvalue weighted by Crippen LogP contribution is 2.25. The Hall–Kier alpha value is -2.29. The highest BCUT2D eigenvalue weighted by molar-refractivity contribution is 6.04. The second kappa shape index (κ2) is 7.12. The van der Waals surface area contributed by atoms with Gasteiger partial charge in [0, 0.05) is 24.5 Å². The fourth-order valence-corrected chi connectivity index (χ4v) is 2.70. The highest BCUT2D eigenvalue weighted by Gasteiger charge is 2.23. The first-order valence-corrected chi connectivity index (χ1v) is 7.80. The Balaban J connectivity index is 2.39. The summed E-state index contributed by atoms with van der Waals surface area (Å²) in [6, 6.07) is 16.0. The topological polar surface area (TPSA) is 23.6 Å². The Morgan fingerprint density at radius 1 is 0.773 bits per heavy atom. The van der Waals surface area contributed by atoms with Gasteiger partial charge in [-0.3, -0.25) is 9.80 Å². The minimum atomic E-state index is 0.0219. The number of hydrogen-bond acceptors (Lipinski definition) is 1. The van der Waals surface area contributed by atoms with Crippen LogP contribution in [0.5, 0.6) is 0 Å². The molecule has 0 aliphatic rings. The van der Waals surface area contributed by atoms with Crippen LogP contribution in [0.15, 0.2) is 48.5 Å². The number of aryl methyl sites for hydroxylation is 2. The van der Waals surface area contributed by atoms with Crippen LogP contribution in [0, 0.1) is 13.8 Å². The lowest BCUT2D eigenvalue weighted by molar-refractivity contribution is 0.252. The average Bonchev–Trinajstić information content (AvgIpc) is 2.52. The number of amides is 2. The van der Waals surface area contributed by atoms with E-state index < -0.39 is 0 Å². The summed E-state index contributed by atoms with van der Waals surface area (Å²) >= 11 is 0. The number of carbonyl (C=O) groups is 1. The van der Waals surface area contributed by atoms with Crippen LogP contribution in [0.4, 0.5) is 16.2 Å². The quantitative estimate of drug-likeness (QED) is 0.796. The number of nitrogens with zero attached hydrogens (tertiary/aromatic N) is 2. The molecule has 3 nitrogen and oxygen atoms in total. The van der Waals surface area contributed by atoms with Gasteiger partial charge in [0.15, 0.2) is 0 Å². The molecule has 116 valence electrons. The van der Waals surface area contributed by atoms with E-state index in [0.29, 0.717) is 13.1 Å². The Morgan fingerprint density at radius 3 is 1.45 bits per heavy atom. The van der Waals surface area contributed by atoms with Crippen molar-refractivity contribution in [3.8, 4) is 0 Å². The molecule has 0 fully saturated rings. The van der Waals surface area contributed by atoms with Gasteiger partial charge in [-0.25, -0.2) is 4.79 Å². The van der Waals surface area contributed by atoms with Crippen molar-refractivity contribution in [1.29, 1.82) is 0 Å². The third-order valence-electron chi connectivity index (χ3n) is 3.91. The van der Waals surface area contributed by atoms with Crippen LogP contribution in [0.3, 0.4) is 0 Å². The lowest BCUT2D eigenvalue weighted by Crippen LogP contribution is -2.44. The number of rotatable bonds is 4. The Labute approximate surface area is 133 Å². The lowest BCUT2D eigenvalue weighted by atomic mass is 10.1. The molecule has 2 aromatic carbocycles. The number of hydrogen-bond donors (Lipinski definition) is 0. The van der Waals surface area contributed by atoms with Crippen molar-refractivity contribution in [3.63, 3.8) is 0 Å². The van der Waals surface area contributed by atoms with Gasteiger partial charge in [-0.15, -0.1) is 0 Å². The van der Waals surface area contributed by atoms with Crippen molar-refractivity contribution < 1.29 is 4.79 Å². The van der Waals surface area contributed by atoms with Crippen LogP contribution in [0.25, 0.3) is 0 Å². The van der Waals surface area contributed by atoms with E-state index in [2.05, 4.69) is 0 Å². The molecule has 0 saturated carbocycles. The zero-order valence-corrected chi connectivity index (χ0v) is 13.8. The van der Waals surface area contributed by atoms with Gasteiger partial charge in [0.1, 0.15) is 0 Å². The van der Waals surface area contributed by atoms with Crippen LogP contribution in [-0.4, -0.2) is 19.1 Å². The summed E-state index contributed by atoms with van der Waals surface area (Å²) < 4.78 is 0. The summed E-state index contributed by atoms with van der Waals surface area (Å²) in [5.41, 5.74) is 4.17. The standard InChI is InChI=1S/C19H24N2O/c1-5-20(17-13-9-7-11-15(17)3)19(22)21(6-2)18-14-10-8-12-16(18)4/h7-14H,5-6H2,1-4H3. The van der Waals surface area contributed by atoms with Crippen molar-refractivity contribution in [2.75, 3.05) is 22.9 Å². The predicted molar refractivity (Wildman–Crippen MR) is 93.8 cm³/mol. The lowest BCUT2D eigenvalue weighted by Gasteiger charge is -2.31. The van der Waals surface area contributed by atoms with Gasteiger partial charge in [0.05, 0.1) is 0 Å². The van der Waals surface area contributed by atoms with Gasteiger partial charge in [-0.05, 0) is 51.0 Å². The van der Waals surface area contributed by atoms with Gasteiger partial charge in [0.2, 0.25) is 0 Å². The second-order valence-electron chi connectivity index (χ2n) is 5.34. The molecule has 0 radical (unpaired) electrons. The molecule has 0 bridgehead atoms. The normalized spacial score (nSPS) is 10.4. The maximum Gasteiger partial charge on any atom is 0.328 e. The van der Waals surface area contributed by atoms with Gasteiger partial charge in [-0.2, -0.15) is 0 Å². The van der Waals surface area contributed by atoms with Crippen LogP contribution < -0.4 is 9.80 Å². The third-order valence-corrected chi connectivity index (χ3v) is 3.91. The fourth-order valence-electron chi connectivity index (χ4n) is 2.70. The molecule has 3 heteroatoms. The van der Waals surface area contributed by atoms with Gasteiger partial charge in [-0.1, -0.05) is 36.4 Å². The highest BCUT2D eigenvalue weighted by atomic mass is 16.2. The molecule has 2 amide bonds. The molecule has 22 heavy (non-hydrogen) atoms. The number of anilines is 2. The summed E-state index contributed by atoms with van der Waals surface area (Å²) in [5.74, 6) is 0. The predicted octanol–water partition coefficient (Wildman–Crippen LogP) is 4.78. The molecule has 0 aliphatic carbocycles. The smallest absolute Gasteiger partial charge is 0.294 e. The van der Waals surface area contributed by atoms with E-state index in [9.17, 15) is 4.79 Å². The van der Waals surface area contributed by atoms with Gasteiger partial charge in [0.25, 0.3) is 0 Å². The monoisotopic (exact) mass is 296 g/mol. The van der Waals surface area contributed by atoms with Gasteiger partial charge >= 0.3 is 6.03 Å². The van der Waals surface area contributed by atoms with E-state index in [-0.39, 0.29) is 6.03 Å². The zero-order chi connectivity index (χ0) is 16.1. The first kappa shape index (κ1) is 16.1. The largest absolute Gasteiger partial charge is 0.328 e. The Bertz CT molecular complexity index is 596. The van der Waals surface area contributed by atoms with E-state index in [4.69, 9.17) is 0 Å². The number of carbonyl (C=O) groups excluding carboxylic acids is 1. The minimum Gasteiger partial charge on any atom is -0.294 e. The molecular weight excluding hydrogens is 272 g/mol. The summed E-state index contributed by atoms with van der Waals surface area (Å²) in [5, 5.41) is 0. The SMILES string of the molecule is CCN(C(=O)N(CC)c1ccccc1C)c1ccccc1C. The maximum atomic E-state index is 13.1. The van der Waals surface area contributed by atoms with E-state index in [1.165, 1.54) is 0 Å². The molecule has 2 rings (SSSR count). The molecule has 0 unspecified atom stereocenters. The molecule has 0 spiro atoms. The summed E-state index contributed by atoms with van der Waals surface area (Å²) in [6.07, 6.45) is 0. The van der Waals surface area contributed by atoms with E-state index in [1.807, 2.05) is 86.0 Å². The number of urea groups is 1. The van der Waals surface area contributed by atoms with Crippen molar-refractivity contribution in [1.82, 2.24) is 0 Å². The molecule has 0 saturated heterocycles. The summed E-state index contributed by atoms with van der Waals surface area (Å²) in [7, 11) is 0. The summed E-state index contributed by atoms with van der Waals surface area (Å²) in [6.45, 7) is 9.38. The van der Waals surface area contributed by atoms with E-state index >= 15 is 0 Å². The average molecular weight is 296 g/mol. The minimum absolute atomic E-state index is 0.0219. The van der Waals surface area contributed by atoms with Crippen molar-refractivity contribution in [3.05, 3.63) is 59.7 Å². The molecule has 0 N–H and O–H groups in total. The van der Waals surface area contributed by atoms with Crippen molar-refractivity contribution in [2.24, 2.45) is 0 Å². The molecule has 0 aromatic heterocycles. The molecular formula is C19H24N2O. The Morgan fingerprint density at radius 2 is 1.14 bits per heavy atom. The van der Waals surface area contributed by atoms with Crippen LogP contribution in [0.2, 0.25) is 0 Å².